The quantitative estimate of drug-likeness (QED) is 0.485. The van der Waals surface area contributed by atoms with Crippen molar-refractivity contribution in [3.8, 4) is 0 Å². The maximum Gasteiger partial charge on any atom is 0.280 e. The van der Waals surface area contributed by atoms with Crippen molar-refractivity contribution in [2.75, 3.05) is 19.5 Å². The third-order valence-corrected chi connectivity index (χ3v) is 4.10. The maximum atomic E-state index is 11.9. The second-order valence-corrected chi connectivity index (χ2v) is 5.52. The van der Waals surface area contributed by atoms with E-state index in [0.717, 1.165) is 0 Å². The highest BCUT2D eigenvalue weighted by Gasteiger charge is 2.46. The number of halogens is 1. The van der Waals surface area contributed by atoms with Crippen LogP contribution in [0.2, 0.25) is 0 Å². The average Bonchev–Trinajstić information content (AvgIpc) is 2.95. The van der Waals surface area contributed by atoms with Gasteiger partial charge < -0.3 is 25.4 Å². The van der Waals surface area contributed by atoms with Crippen LogP contribution >= 0.6 is 15.9 Å². The highest BCUT2D eigenvalue weighted by Crippen LogP contribution is 2.35. The molecule has 1 aliphatic heterocycles. The number of nitrogens with two attached hydrogens (primary N) is 1. The average molecular weight is 376 g/mol. The van der Waals surface area contributed by atoms with Crippen molar-refractivity contribution >= 4 is 33.0 Å². The van der Waals surface area contributed by atoms with E-state index in [-0.39, 0.29) is 28.5 Å². The van der Waals surface area contributed by atoms with Gasteiger partial charge in [0.05, 0.1) is 6.61 Å². The summed E-state index contributed by atoms with van der Waals surface area (Å²) in [7, 11) is 1.41. The first-order valence-electron chi connectivity index (χ1n) is 6.38. The molecule has 10 nitrogen and oxygen atoms in total. The summed E-state index contributed by atoms with van der Waals surface area (Å²) in [6, 6.07) is 0. The van der Waals surface area contributed by atoms with E-state index in [1.807, 2.05) is 0 Å². The zero-order valence-corrected chi connectivity index (χ0v) is 13.0. The summed E-state index contributed by atoms with van der Waals surface area (Å²) in [6.07, 6.45) is -3.46. The molecular formula is C11H14BrN5O5. The summed E-state index contributed by atoms with van der Waals surface area (Å²) in [6.45, 7) is -0.377. The summed E-state index contributed by atoms with van der Waals surface area (Å²) in [5, 5.41) is 19.4. The molecule has 3 rings (SSSR count). The zero-order chi connectivity index (χ0) is 16.0. The zero-order valence-electron chi connectivity index (χ0n) is 11.4. The Labute approximate surface area is 132 Å². The predicted octanol–water partition coefficient (Wildman–Crippen LogP) is -1.27. The number of rotatable bonds is 3. The Morgan fingerprint density at radius 3 is 2.91 bits per heavy atom. The van der Waals surface area contributed by atoms with Crippen LogP contribution in [0.4, 0.5) is 5.95 Å². The van der Waals surface area contributed by atoms with Gasteiger partial charge >= 0.3 is 0 Å². The molecule has 1 fully saturated rings. The second kappa shape index (κ2) is 5.59. The largest absolute Gasteiger partial charge is 0.394 e. The van der Waals surface area contributed by atoms with E-state index in [1.54, 1.807) is 0 Å². The summed E-state index contributed by atoms with van der Waals surface area (Å²) >= 11 is 3.24. The normalized spacial score (nSPS) is 28.5. The predicted molar refractivity (Wildman–Crippen MR) is 78.1 cm³/mol. The number of anilines is 1. The molecule has 0 bridgehead atoms. The molecule has 0 aliphatic carbocycles. The van der Waals surface area contributed by atoms with Crippen LogP contribution in [0, 0.1) is 0 Å². The minimum atomic E-state index is -1.04. The topological polar surface area (TPSA) is 149 Å². The molecule has 2 aromatic rings. The van der Waals surface area contributed by atoms with E-state index in [1.165, 1.54) is 11.7 Å². The summed E-state index contributed by atoms with van der Waals surface area (Å²) in [5.41, 5.74) is 5.33. The molecule has 0 aromatic carbocycles. The van der Waals surface area contributed by atoms with Crippen molar-refractivity contribution in [3.05, 3.63) is 15.1 Å². The summed E-state index contributed by atoms with van der Waals surface area (Å²) < 4.78 is 12.6. The lowest BCUT2D eigenvalue weighted by atomic mass is 10.1. The fourth-order valence-electron chi connectivity index (χ4n) is 2.53. The highest BCUT2D eigenvalue weighted by molar-refractivity contribution is 9.10. The highest BCUT2D eigenvalue weighted by atomic mass is 79.9. The number of hydrogen-bond acceptors (Lipinski definition) is 8. The lowest BCUT2D eigenvalue weighted by Crippen LogP contribution is -2.34. The molecule has 2 aromatic heterocycles. The van der Waals surface area contributed by atoms with Gasteiger partial charge in [-0.15, -0.1) is 0 Å². The van der Waals surface area contributed by atoms with Crippen LogP contribution in [0.15, 0.2) is 9.53 Å². The Morgan fingerprint density at radius 2 is 2.27 bits per heavy atom. The summed E-state index contributed by atoms with van der Waals surface area (Å²) in [5.74, 6) is -0.0719. The molecule has 1 aliphatic rings. The lowest BCUT2D eigenvalue weighted by molar-refractivity contribution is -0.0594. The number of imidazole rings is 1. The molecule has 0 spiro atoms. The van der Waals surface area contributed by atoms with Crippen LogP contribution in [0.1, 0.15) is 6.23 Å². The number of H-pyrrole nitrogens is 1. The first-order chi connectivity index (χ1) is 10.5. The molecule has 0 radical (unpaired) electrons. The van der Waals surface area contributed by atoms with Crippen molar-refractivity contribution in [2.24, 2.45) is 0 Å². The van der Waals surface area contributed by atoms with Gasteiger partial charge in [-0.1, -0.05) is 0 Å². The third-order valence-electron chi connectivity index (χ3n) is 3.55. The van der Waals surface area contributed by atoms with E-state index in [4.69, 9.17) is 15.2 Å². The number of fused-ring (bicyclic) bond motifs is 1. The van der Waals surface area contributed by atoms with E-state index >= 15 is 0 Å². The van der Waals surface area contributed by atoms with Crippen LogP contribution in [-0.2, 0) is 9.47 Å². The smallest absolute Gasteiger partial charge is 0.280 e. The molecular weight excluding hydrogens is 362 g/mol. The van der Waals surface area contributed by atoms with Gasteiger partial charge in [-0.05, 0) is 15.9 Å². The Balaban J connectivity index is 2.17. The Morgan fingerprint density at radius 1 is 1.55 bits per heavy atom. The first-order valence-corrected chi connectivity index (χ1v) is 7.17. The monoisotopic (exact) mass is 375 g/mol. The third kappa shape index (κ3) is 2.21. The van der Waals surface area contributed by atoms with Crippen LogP contribution in [0.3, 0.4) is 0 Å². The second-order valence-electron chi connectivity index (χ2n) is 4.81. The van der Waals surface area contributed by atoms with Crippen molar-refractivity contribution in [1.82, 2.24) is 19.5 Å². The van der Waals surface area contributed by atoms with Crippen molar-refractivity contribution in [2.45, 2.75) is 24.5 Å². The fourth-order valence-corrected chi connectivity index (χ4v) is 3.08. The van der Waals surface area contributed by atoms with E-state index < -0.39 is 30.1 Å². The molecule has 4 atom stereocenters. The molecule has 3 heterocycles. The SMILES string of the molecule is COC1C(O)[C@@H](CO)O[C@H]1n1c(Br)nc2c(=O)[nH]c(N)nc21. The van der Waals surface area contributed by atoms with Gasteiger partial charge in [0.1, 0.15) is 18.3 Å². The number of aromatic amines is 1. The van der Waals surface area contributed by atoms with Gasteiger partial charge in [0.15, 0.2) is 22.1 Å². The van der Waals surface area contributed by atoms with Gasteiger partial charge in [0, 0.05) is 7.11 Å². The van der Waals surface area contributed by atoms with E-state index in [2.05, 4.69) is 30.9 Å². The maximum absolute atomic E-state index is 11.9. The number of aliphatic hydroxyl groups excluding tert-OH is 2. The number of methoxy groups -OCH3 is 1. The van der Waals surface area contributed by atoms with Crippen LogP contribution in [0.25, 0.3) is 11.2 Å². The number of hydrogen-bond donors (Lipinski definition) is 4. The van der Waals surface area contributed by atoms with Crippen molar-refractivity contribution < 1.29 is 19.7 Å². The molecule has 22 heavy (non-hydrogen) atoms. The molecule has 2 unspecified atom stereocenters. The van der Waals surface area contributed by atoms with Crippen molar-refractivity contribution in [1.29, 1.82) is 0 Å². The first kappa shape index (κ1) is 15.4. The molecule has 0 amide bonds. The van der Waals surface area contributed by atoms with Crippen LogP contribution < -0.4 is 11.3 Å². The van der Waals surface area contributed by atoms with Gasteiger partial charge in [0.25, 0.3) is 5.56 Å². The number of nitrogens with one attached hydrogen (secondary N) is 1. The van der Waals surface area contributed by atoms with Gasteiger partial charge in [-0.25, -0.2) is 4.98 Å². The Bertz CT molecular complexity index is 761. The molecule has 1 saturated heterocycles. The van der Waals surface area contributed by atoms with Crippen LogP contribution in [-0.4, -0.2) is 61.8 Å². The number of aliphatic hydroxyl groups is 2. The van der Waals surface area contributed by atoms with E-state index in [0.29, 0.717) is 0 Å². The molecule has 11 heteroatoms. The lowest BCUT2D eigenvalue weighted by Gasteiger charge is -2.20. The molecule has 0 saturated carbocycles. The number of aromatic nitrogens is 4. The number of nitrogens with zero attached hydrogens (tertiary/aromatic N) is 3. The standard InChI is InChI=1S/C11H14BrN5O5/c1-21-6-5(19)3(2-18)22-9(6)17-7-4(14-10(17)12)8(20)16-11(13)15-7/h3,5-6,9,18-19H,2H2,1H3,(H3,13,15,16,20)/t3-,5?,6?,9-/m1/s1. The number of nitrogen functional groups attached to an aromatic ring is 1. The van der Waals surface area contributed by atoms with E-state index in [9.17, 15) is 15.0 Å². The Kier molecular flexibility index (Phi) is 3.91. The minimum absolute atomic E-state index is 0.0708. The van der Waals surface area contributed by atoms with Crippen molar-refractivity contribution in [3.63, 3.8) is 0 Å². The number of ether oxygens (including phenoxy) is 2. The van der Waals surface area contributed by atoms with Crippen LogP contribution in [0.5, 0.6) is 0 Å². The van der Waals surface area contributed by atoms with Gasteiger partial charge in [-0.3, -0.25) is 14.3 Å². The molecule has 5 N–H and O–H groups in total. The van der Waals surface area contributed by atoms with Gasteiger partial charge in [0.2, 0.25) is 5.95 Å². The molecule has 120 valence electrons. The van der Waals surface area contributed by atoms with Gasteiger partial charge in [-0.2, -0.15) is 4.98 Å². The minimum Gasteiger partial charge on any atom is -0.394 e. The fraction of sp³-hybridized carbons (Fsp3) is 0.545. The Hall–Kier alpha value is -1.53. The summed E-state index contributed by atoms with van der Waals surface area (Å²) in [4.78, 5) is 22.4.